The molecule has 4 atom stereocenters. The molecule has 1 aromatic rings. The predicted octanol–water partition coefficient (Wildman–Crippen LogP) is 3.88. The van der Waals surface area contributed by atoms with E-state index in [1.807, 2.05) is 7.05 Å². The van der Waals surface area contributed by atoms with E-state index in [0.29, 0.717) is 12.0 Å². The van der Waals surface area contributed by atoms with Crippen molar-refractivity contribution in [1.82, 2.24) is 9.97 Å². The lowest BCUT2D eigenvalue weighted by atomic mass is 9.84. The molecule has 4 heteroatoms. The Kier molecular flexibility index (Phi) is 4.05. The van der Waals surface area contributed by atoms with E-state index in [1.54, 1.807) is 6.33 Å². The van der Waals surface area contributed by atoms with Gasteiger partial charge in [0.15, 0.2) is 0 Å². The van der Waals surface area contributed by atoms with Gasteiger partial charge in [-0.15, -0.1) is 0 Å². The van der Waals surface area contributed by atoms with Gasteiger partial charge in [-0.05, 0) is 49.9 Å². The van der Waals surface area contributed by atoms with Crippen LogP contribution in [0.2, 0.25) is 0 Å². The van der Waals surface area contributed by atoms with Crippen LogP contribution in [-0.4, -0.2) is 23.1 Å². The maximum absolute atomic E-state index is 4.52. The zero-order chi connectivity index (χ0) is 15.0. The lowest BCUT2D eigenvalue weighted by Gasteiger charge is -2.30. The molecule has 2 aliphatic rings. The molecule has 21 heavy (non-hydrogen) atoms. The van der Waals surface area contributed by atoms with Crippen molar-refractivity contribution in [3.8, 4) is 0 Å². The second-order valence-electron chi connectivity index (χ2n) is 7.16. The lowest BCUT2D eigenvalue weighted by molar-refractivity contribution is 0.304. The van der Waals surface area contributed by atoms with Gasteiger partial charge in [0, 0.05) is 18.7 Å². The Bertz CT molecular complexity index is 500. The Morgan fingerprint density at radius 3 is 2.43 bits per heavy atom. The zero-order valence-corrected chi connectivity index (χ0v) is 13.7. The first-order valence-electron chi connectivity index (χ1n) is 8.39. The Labute approximate surface area is 128 Å². The Morgan fingerprint density at radius 1 is 1.10 bits per heavy atom. The van der Waals surface area contributed by atoms with Crippen LogP contribution in [0.15, 0.2) is 6.33 Å². The van der Waals surface area contributed by atoms with Crippen molar-refractivity contribution in [3.63, 3.8) is 0 Å². The first-order valence-corrected chi connectivity index (χ1v) is 8.39. The van der Waals surface area contributed by atoms with Gasteiger partial charge in [0.05, 0.1) is 0 Å². The van der Waals surface area contributed by atoms with E-state index in [-0.39, 0.29) is 0 Å². The van der Waals surface area contributed by atoms with Crippen LogP contribution >= 0.6 is 0 Å². The standard InChI is InChI=1S/C17H28N4/c1-10(2)15-16(18-4)19-9-20-17(15)21-11(3)14-8-12-5-6-13(14)7-12/h9-14H,5-8H2,1-4H3,(H2,18,19,20,21). The highest BCUT2D eigenvalue weighted by Crippen LogP contribution is 2.50. The molecule has 2 bridgehead atoms. The van der Waals surface area contributed by atoms with Crippen molar-refractivity contribution in [3.05, 3.63) is 11.9 Å². The molecule has 2 fully saturated rings. The maximum Gasteiger partial charge on any atom is 0.135 e. The average Bonchev–Trinajstić information content (AvgIpc) is 3.09. The summed E-state index contributed by atoms with van der Waals surface area (Å²) < 4.78 is 0. The van der Waals surface area contributed by atoms with Crippen LogP contribution in [0, 0.1) is 17.8 Å². The summed E-state index contributed by atoms with van der Waals surface area (Å²) in [5, 5.41) is 6.90. The van der Waals surface area contributed by atoms with Gasteiger partial charge in [0.25, 0.3) is 0 Å². The molecule has 2 aliphatic carbocycles. The van der Waals surface area contributed by atoms with E-state index < -0.39 is 0 Å². The normalized spacial score (nSPS) is 28.9. The first-order chi connectivity index (χ1) is 10.1. The van der Waals surface area contributed by atoms with Gasteiger partial charge in [0.1, 0.15) is 18.0 Å². The van der Waals surface area contributed by atoms with Gasteiger partial charge in [0.2, 0.25) is 0 Å². The Hall–Kier alpha value is -1.32. The van der Waals surface area contributed by atoms with Crippen molar-refractivity contribution in [2.45, 2.75) is 58.4 Å². The first kappa shape index (κ1) is 14.6. The third kappa shape index (κ3) is 2.72. The van der Waals surface area contributed by atoms with Gasteiger partial charge in [-0.3, -0.25) is 0 Å². The van der Waals surface area contributed by atoms with Crippen molar-refractivity contribution in [2.75, 3.05) is 17.7 Å². The van der Waals surface area contributed by atoms with Crippen LogP contribution in [0.25, 0.3) is 0 Å². The molecule has 4 nitrogen and oxygen atoms in total. The smallest absolute Gasteiger partial charge is 0.135 e. The van der Waals surface area contributed by atoms with E-state index in [1.165, 1.54) is 31.2 Å². The molecule has 116 valence electrons. The van der Waals surface area contributed by atoms with E-state index in [9.17, 15) is 0 Å². The van der Waals surface area contributed by atoms with Crippen LogP contribution in [0.1, 0.15) is 57.9 Å². The molecule has 0 amide bonds. The number of nitrogens with zero attached hydrogens (tertiary/aromatic N) is 2. The summed E-state index contributed by atoms with van der Waals surface area (Å²) in [5.74, 6) is 5.11. The van der Waals surface area contributed by atoms with Gasteiger partial charge in [-0.25, -0.2) is 9.97 Å². The summed E-state index contributed by atoms with van der Waals surface area (Å²) in [6.45, 7) is 6.73. The number of anilines is 2. The fourth-order valence-corrected chi connectivity index (χ4v) is 4.49. The summed E-state index contributed by atoms with van der Waals surface area (Å²) >= 11 is 0. The number of hydrogen-bond acceptors (Lipinski definition) is 4. The minimum atomic E-state index is 0.406. The van der Waals surface area contributed by atoms with Gasteiger partial charge in [-0.2, -0.15) is 0 Å². The maximum atomic E-state index is 4.52. The van der Waals surface area contributed by atoms with Crippen molar-refractivity contribution >= 4 is 11.6 Å². The Balaban J connectivity index is 1.78. The minimum absolute atomic E-state index is 0.406. The van der Waals surface area contributed by atoms with E-state index in [4.69, 9.17) is 0 Å². The van der Waals surface area contributed by atoms with Crippen molar-refractivity contribution in [2.24, 2.45) is 17.8 Å². The molecule has 0 aliphatic heterocycles. The van der Waals surface area contributed by atoms with Gasteiger partial charge in [-0.1, -0.05) is 20.3 Å². The molecule has 2 N–H and O–H groups in total. The van der Waals surface area contributed by atoms with E-state index >= 15 is 0 Å². The van der Waals surface area contributed by atoms with Crippen LogP contribution in [-0.2, 0) is 0 Å². The molecule has 4 unspecified atom stereocenters. The third-order valence-electron chi connectivity index (χ3n) is 5.50. The molecule has 1 heterocycles. The predicted molar refractivity (Wildman–Crippen MR) is 87.7 cm³/mol. The molecule has 0 aromatic carbocycles. The summed E-state index contributed by atoms with van der Waals surface area (Å²) in [6.07, 6.45) is 7.42. The fourth-order valence-electron chi connectivity index (χ4n) is 4.49. The molecule has 2 saturated carbocycles. The molecular formula is C17H28N4. The molecular weight excluding hydrogens is 260 g/mol. The molecule has 0 saturated heterocycles. The van der Waals surface area contributed by atoms with Crippen LogP contribution in [0.4, 0.5) is 11.6 Å². The topological polar surface area (TPSA) is 49.8 Å². The number of hydrogen-bond donors (Lipinski definition) is 2. The van der Waals surface area contributed by atoms with Crippen LogP contribution < -0.4 is 10.6 Å². The highest BCUT2D eigenvalue weighted by molar-refractivity contribution is 5.59. The van der Waals surface area contributed by atoms with E-state index in [2.05, 4.69) is 41.4 Å². The molecule has 0 radical (unpaired) electrons. The summed E-state index contributed by atoms with van der Waals surface area (Å²) in [4.78, 5) is 8.88. The quantitative estimate of drug-likeness (QED) is 0.863. The lowest BCUT2D eigenvalue weighted by Crippen LogP contribution is -2.31. The average molecular weight is 288 g/mol. The highest BCUT2D eigenvalue weighted by Gasteiger charge is 2.42. The summed E-state index contributed by atoms with van der Waals surface area (Å²) in [5.41, 5.74) is 1.20. The second-order valence-corrected chi connectivity index (χ2v) is 7.16. The summed E-state index contributed by atoms with van der Waals surface area (Å²) in [6, 6.07) is 0.498. The second kappa shape index (κ2) is 5.82. The van der Waals surface area contributed by atoms with Crippen molar-refractivity contribution < 1.29 is 0 Å². The largest absolute Gasteiger partial charge is 0.373 e. The van der Waals surface area contributed by atoms with Gasteiger partial charge >= 0.3 is 0 Å². The Morgan fingerprint density at radius 2 is 1.86 bits per heavy atom. The van der Waals surface area contributed by atoms with E-state index in [0.717, 1.165) is 29.4 Å². The number of nitrogens with one attached hydrogen (secondary N) is 2. The fraction of sp³-hybridized carbons (Fsp3) is 0.765. The van der Waals surface area contributed by atoms with Crippen molar-refractivity contribution in [1.29, 1.82) is 0 Å². The van der Waals surface area contributed by atoms with Gasteiger partial charge < -0.3 is 10.6 Å². The SMILES string of the molecule is CNc1ncnc(NC(C)C2CC3CCC2C3)c1C(C)C. The minimum Gasteiger partial charge on any atom is -0.373 e. The molecule has 3 rings (SSSR count). The third-order valence-corrected chi connectivity index (χ3v) is 5.50. The highest BCUT2D eigenvalue weighted by atomic mass is 15.1. The molecule has 1 aromatic heterocycles. The number of rotatable bonds is 5. The molecule has 0 spiro atoms. The monoisotopic (exact) mass is 288 g/mol. The summed E-state index contributed by atoms with van der Waals surface area (Å²) in [7, 11) is 1.93. The van der Waals surface area contributed by atoms with Crippen LogP contribution in [0.5, 0.6) is 0 Å². The van der Waals surface area contributed by atoms with Crippen LogP contribution in [0.3, 0.4) is 0 Å². The zero-order valence-electron chi connectivity index (χ0n) is 13.7. The number of fused-ring (bicyclic) bond motifs is 2. The number of aromatic nitrogens is 2.